The monoisotopic (exact) mass is 460 g/mol. The van der Waals surface area contributed by atoms with Gasteiger partial charge in [0.05, 0.1) is 16.7 Å². The highest BCUT2D eigenvalue weighted by molar-refractivity contribution is 6.02. The Bertz CT molecular complexity index is 1160. The van der Waals surface area contributed by atoms with Crippen LogP contribution in [0.1, 0.15) is 33.6 Å². The lowest BCUT2D eigenvalue weighted by molar-refractivity contribution is -0.384. The van der Waals surface area contributed by atoms with E-state index in [0.29, 0.717) is 17.1 Å². The van der Waals surface area contributed by atoms with Crippen LogP contribution in [0.2, 0.25) is 0 Å². The number of rotatable bonds is 10. The number of amides is 1. The maximum absolute atomic E-state index is 12.5. The maximum Gasteiger partial charge on any atom is 0.291 e. The van der Waals surface area contributed by atoms with Gasteiger partial charge >= 0.3 is 0 Å². The van der Waals surface area contributed by atoms with Gasteiger partial charge in [0.25, 0.3) is 18.0 Å². The number of halogens is 2. The Morgan fingerprint density at radius 1 is 1.06 bits per heavy atom. The van der Waals surface area contributed by atoms with Crippen LogP contribution in [-0.2, 0) is 6.61 Å². The van der Waals surface area contributed by atoms with Gasteiger partial charge in [0, 0.05) is 17.7 Å². The molecule has 1 heterocycles. The summed E-state index contributed by atoms with van der Waals surface area (Å²) in [6.07, 6.45) is -2.77. The second-order valence-corrected chi connectivity index (χ2v) is 6.76. The molecule has 3 rings (SSSR count). The van der Waals surface area contributed by atoms with Crippen molar-refractivity contribution in [2.24, 2.45) is 0 Å². The molecule has 0 saturated carbocycles. The van der Waals surface area contributed by atoms with Crippen molar-refractivity contribution < 1.29 is 37.2 Å². The molecule has 1 N–H and O–H groups in total. The van der Waals surface area contributed by atoms with Crippen LogP contribution >= 0.6 is 0 Å². The molecule has 11 heteroatoms. The fraction of sp³-hybridized carbons (Fsp3) is 0.182. The van der Waals surface area contributed by atoms with E-state index in [1.54, 1.807) is 24.3 Å². The Hall–Kier alpha value is -4.28. The number of nitrogens with zero attached hydrogens (tertiary/aromatic N) is 1. The van der Waals surface area contributed by atoms with E-state index < -0.39 is 29.6 Å². The van der Waals surface area contributed by atoms with Crippen molar-refractivity contribution in [3.8, 4) is 11.5 Å². The number of hydrogen-bond donors (Lipinski definition) is 1. The van der Waals surface area contributed by atoms with E-state index in [0.717, 1.165) is 12.1 Å². The summed E-state index contributed by atoms with van der Waals surface area (Å²) >= 11 is 0. The van der Waals surface area contributed by atoms with Crippen LogP contribution in [0.3, 0.4) is 0 Å². The summed E-state index contributed by atoms with van der Waals surface area (Å²) in [6, 6.07) is 12.6. The summed E-state index contributed by atoms with van der Waals surface area (Å²) in [5.41, 5.74) is 0.0721. The van der Waals surface area contributed by atoms with Crippen molar-refractivity contribution >= 4 is 23.1 Å². The number of carbonyl (C=O) groups excluding carboxylic acids is 2. The Morgan fingerprint density at radius 2 is 1.79 bits per heavy atom. The molecule has 2 aromatic carbocycles. The largest absolute Gasteiger partial charge is 0.487 e. The molecule has 0 fully saturated rings. The third-order valence-electron chi connectivity index (χ3n) is 4.26. The van der Waals surface area contributed by atoms with Crippen LogP contribution < -0.4 is 14.8 Å². The summed E-state index contributed by atoms with van der Waals surface area (Å²) in [5.74, 6) is -0.246. The van der Waals surface area contributed by atoms with E-state index in [1.807, 2.05) is 0 Å². The normalized spacial score (nSPS) is 10.7. The number of alkyl halides is 2. The molecule has 0 atom stereocenters. The predicted molar refractivity (Wildman–Crippen MR) is 112 cm³/mol. The molecule has 0 aliphatic carbocycles. The Morgan fingerprint density at radius 3 is 2.42 bits per heavy atom. The van der Waals surface area contributed by atoms with Gasteiger partial charge in [-0.3, -0.25) is 19.7 Å². The van der Waals surface area contributed by atoms with E-state index in [4.69, 9.17) is 13.9 Å². The summed E-state index contributed by atoms with van der Waals surface area (Å²) in [5, 5.41) is 13.5. The van der Waals surface area contributed by atoms with Gasteiger partial charge in [-0.15, -0.1) is 0 Å². The molecule has 172 valence electrons. The van der Waals surface area contributed by atoms with Crippen molar-refractivity contribution in [2.45, 2.75) is 20.0 Å². The van der Waals surface area contributed by atoms with E-state index in [-0.39, 0.29) is 29.6 Å². The van der Waals surface area contributed by atoms with Gasteiger partial charge in [0.2, 0.25) is 0 Å². The Balaban J connectivity index is 1.65. The first-order chi connectivity index (χ1) is 15.7. The first-order valence-electron chi connectivity index (χ1n) is 9.55. The average molecular weight is 460 g/mol. The first-order valence-corrected chi connectivity index (χ1v) is 9.55. The van der Waals surface area contributed by atoms with E-state index in [2.05, 4.69) is 5.32 Å². The molecule has 0 aliphatic rings. The van der Waals surface area contributed by atoms with Crippen molar-refractivity contribution in [1.29, 1.82) is 0 Å². The second-order valence-electron chi connectivity index (χ2n) is 6.76. The second kappa shape index (κ2) is 10.4. The minimum atomic E-state index is -2.77. The van der Waals surface area contributed by atoms with E-state index in [9.17, 15) is 28.5 Å². The minimum absolute atomic E-state index is 0.00905. The van der Waals surface area contributed by atoms with E-state index >= 15 is 0 Å². The number of nitro groups is 1. The molecule has 0 unspecified atom stereocenters. The van der Waals surface area contributed by atoms with Gasteiger partial charge in [-0.1, -0.05) is 0 Å². The molecule has 3 aromatic rings. The van der Waals surface area contributed by atoms with E-state index in [1.165, 1.54) is 25.1 Å². The Labute approximate surface area is 186 Å². The summed E-state index contributed by atoms with van der Waals surface area (Å²) in [7, 11) is 0. The number of furan rings is 1. The van der Waals surface area contributed by atoms with Crippen LogP contribution in [0.5, 0.6) is 11.5 Å². The molecule has 0 radical (unpaired) electrons. The van der Waals surface area contributed by atoms with Crippen LogP contribution in [0, 0.1) is 10.1 Å². The molecule has 0 aliphatic heterocycles. The molecule has 9 nitrogen and oxygen atoms in total. The number of nitrogens with one attached hydrogen (secondary N) is 1. The molecule has 0 saturated heterocycles. The zero-order chi connectivity index (χ0) is 24.0. The zero-order valence-electron chi connectivity index (χ0n) is 17.2. The lowest BCUT2D eigenvalue weighted by Crippen LogP contribution is -2.12. The van der Waals surface area contributed by atoms with Crippen molar-refractivity contribution in [2.75, 3.05) is 11.9 Å². The highest BCUT2D eigenvalue weighted by Crippen LogP contribution is 2.27. The molecule has 0 bridgehead atoms. The number of anilines is 1. The smallest absolute Gasteiger partial charge is 0.291 e. The van der Waals surface area contributed by atoms with Gasteiger partial charge < -0.3 is 19.2 Å². The lowest BCUT2D eigenvalue weighted by Gasteiger charge is -2.09. The van der Waals surface area contributed by atoms with Gasteiger partial charge in [-0.2, -0.15) is 0 Å². The molecular weight excluding hydrogens is 442 g/mol. The maximum atomic E-state index is 12.5. The molecule has 33 heavy (non-hydrogen) atoms. The molecule has 0 spiro atoms. The third-order valence-corrected chi connectivity index (χ3v) is 4.26. The third kappa shape index (κ3) is 6.60. The number of hydrogen-bond acceptors (Lipinski definition) is 7. The highest BCUT2D eigenvalue weighted by Gasteiger charge is 2.17. The number of carbonyl (C=O) groups is 2. The van der Waals surface area contributed by atoms with Gasteiger partial charge in [0.1, 0.15) is 30.5 Å². The summed E-state index contributed by atoms with van der Waals surface area (Å²) in [4.78, 5) is 34.1. The van der Waals surface area contributed by atoms with Crippen molar-refractivity contribution in [3.05, 3.63) is 81.8 Å². The number of non-ortho nitro benzene ring substituents is 1. The minimum Gasteiger partial charge on any atom is -0.487 e. The van der Waals surface area contributed by atoms with Crippen LogP contribution in [0.4, 0.5) is 20.2 Å². The quantitative estimate of drug-likeness (QED) is 0.260. The predicted octanol–water partition coefficient (Wildman–Crippen LogP) is 4.87. The van der Waals surface area contributed by atoms with Crippen molar-refractivity contribution in [1.82, 2.24) is 0 Å². The SMILES string of the molecule is CC(=O)c1ccc(OCc2ccc(C(=O)Nc3cc(OCC(F)F)cc([N+](=O)[O-])c3)o2)cc1. The number of nitro benzene ring substituents is 1. The van der Waals surface area contributed by atoms with Gasteiger partial charge in [0.15, 0.2) is 11.5 Å². The average Bonchev–Trinajstić information content (AvgIpc) is 3.25. The lowest BCUT2D eigenvalue weighted by atomic mass is 10.1. The Kier molecular flexibility index (Phi) is 7.34. The number of Topliss-reactive ketones (excluding diaryl/α,β-unsaturated/α-hetero) is 1. The zero-order valence-corrected chi connectivity index (χ0v) is 17.2. The standard InChI is InChI=1S/C22H18F2N2O7/c1-13(27)14-2-4-17(5-3-14)31-11-18-6-7-20(33-18)22(28)25-15-8-16(26(29)30)10-19(9-15)32-12-21(23)24/h2-10,21H,11-12H2,1H3,(H,25,28). The number of benzene rings is 2. The highest BCUT2D eigenvalue weighted by atomic mass is 19.3. The first kappa shape index (κ1) is 23.4. The number of ketones is 1. The van der Waals surface area contributed by atoms with Crippen LogP contribution in [0.25, 0.3) is 0 Å². The van der Waals surface area contributed by atoms with Gasteiger partial charge in [-0.05, 0) is 43.3 Å². The molecule has 1 amide bonds. The van der Waals surface area contributed by atoms with Crippen LogP contribution in [0.15, 0.2) is 59.0 Å². The summed E-state index contributed by atoms with van der Waals surface area (Å²) in [6.45, 7) is 0.513. The molecule has 1 aromatic heterocycles. The number of ether oxygens (including phenoxy) is 2. The topological polar surface area (TPSA) is 121 Å². The van der Waals surface area contributed by atoms with Crippen molar-refractivity contribution in [3.63, 3.8) is 0 Å². The summed E-state index contributed by atoms with van der Waals surface area (Å²) < 4.78 is 40.5. The fourth-order valence-corrected chi connectivity index (χ4v) is 2.71. The van der Waals surface area contributed by atoms with Gasteiger partial charge in [-0.25, -0.2) is 8.78 Å². The van der Waals surface area contributed by atoms with Crippen LogP contribution in [-0.4, -0.2) is 29.6 Å². The fourth-order valence-electron chi connectivity index (χ4n) is 2.71. The molecular formula is C22H18F2N2O7.